The number of H-pyrrole nitrogens is 1. The lowest BCUT2D eigenvalue weighted by atomic mass is 10.0. The average Bonchev–Trinajstić information content (AvgIpc) is 3.41. The van der Waals surface area contributed by atoms with Crippen LogP contribution in [0.4, 0.5) is 4.79 Å². The first-order valence-electron chi connectivity index (χ1n) is 10.8. The monoisotopic (exact) mass is 491 g/mol. The van der Waals surface area contributed by atoms with Crippen LogP contribution in [0.25, 0.3) is 22.4 Å². The Morgan fingerprint density at radius 3 is 2.66 bits per heavy atom. The SMILES string of the molecule is C=C1C[C@@H](c2ncc(-c3ccc4c(c3)Cc3cc(Br)ccc3-4)[nH]2)N(C(=O)OC(C)(C)C)C1. The fourth-order valence-corrected chi connectivity index (χ4v) is 4.96. The van der Waals surface area contributed by atoms with E-state index in [1.807, 2.05) is 27.0 Å². The molecule has 5 nitrogen and oxygen atoms in total. The Bertz CT molecular complexity index is 1240. The summed E-state index contributed by atoms with van der Waals surface area (Å²) in [5.74, 6) is 0.761. The zero-order valence-corrected chi connectivity index (χ0v) is 20.1. The van der Waals surface area contributed by atoms with Crippen LogP contribution in [-0.2, 0) is 11.2 Å². The molecule has 2 heterocycles. The van der Waals surface area contributed by atoms with Crippen LogP contribution >= 0.6 is 15.9 Å². The Labute approximate surface area is 196 Å². The van der Waals surface area contributed by atoms with Crippen molar-refractivity contribution in [1.29, 1.82) is 0 Å². The summed E-state index contributed by atoms with van der Waals surface area (Å²) in [5.41, 5.74) is 7.75. The van der Waals surface area contributed by atoms with Crippen LogP contribution in [-0.4, -0.2) is 33.1 Å². The Morgan fingerprint density at radius 1 is 1.19 bits per heavy atom. The lowest BCUT2D eigenvalue weighted by Gasteiger charge is -2.27. The molecule has 2 aliphatic rings. The molecular formula is C26H26BrN3O2. The number of carbonyl (C=O) groups is 1. The molecule has 1 fully saturated rings. The number of nitrogens with zero attached hydrogens (tertiary/aromatic N) is 2. The highest BCUT2D eigenvalue weighted by atomic mass is 79.9. The number of imidazole rings is 1. The van der Waals surface area contributed by atoms with E-state index in [9.17, 15) is 4.79 Å². The molecule has 0 spiro atoms. The van der Waals surface area contributed by atoms with Crippen molar-refractivity contribution in [3.8, 4) is 22.4 Å². The van der Waals surface area contributed by atoms with Crippen LogP contribution in [0.2, 0.25) is 0 Å². The molecule has 164 valence electrons. The molecule has 1 aliphatic carbocycles. The number of fused-ring (bicyclic) bond motifs is 3. The molecule has 3 aromatic rings. The summed E-state index contributed by atoms with van der Waals surface area (Å²) in [6, 6.07) is 12.8. The standard InChI is InChI=1S/C26H26BrN3O2/c1-15-9-23(30(14-15)25(31)32-26(2,3)4)24-28-13-22(29-24)16-5-7-20-17(10-16)11-18-12-19(27)6-8-21(18)20/h5-8,10,12-13,23H,1,9,11,14H2,2-4H3,(H,28,29)/t23-/m0/s1. The molecule has 1 saturated heterocycles. The minimum absolute atomic E-state index is 0.192. The third-order valence-electron chi connectivity index (χ3n) is 5.95. The van der Waals surface area contributed by atoms with Gasteiger partial charge in [-0.3, -0.25) is 4.90 Å². The van der Waals surface area contributed by atoms with E-state index in [1.54, 1.807) is 4.90 Å². The number of hydrogen-bond donors (Lipinski definition) is 1. The summed E-state index contributed by atoms with van der Waals surface area (Å²) in [5, 5.41) is 0. The Morgan fingerprint density at radius 2 is 1.91 bits per heavy atom. The maximum Gasteiger partial charge on any atom is 0.411 e. The molecule has 0 radical (unpaired) electrons. The van der Waals surface area contributed by atoms with Crippen molar-refractivity contribution in [3.05, 3.63) is 76.2 Å². The first-order chi connectivity index (χ1) is 15.2. The molecule has 1 atom stereocenters. The van der Waals surface area contributed by atoms with E-state index in [1.165, 1.54) is 22.3 Å². The van der Waals surface area contributed by atoms with Gasteiger partial charge in [-0.25, -0.2) is 9.78 Å². The maximum absolute atomic E-state index is 12.7. The number of benzene rings is 2. The predicted molar refractivity (Wildman–Crippen MR) is 129 cm³/mol. The van der Waals surface area contributed by atoms with Crippen LogP contribution in [0.15, 0.2) is 59.2 Å². The summed E-state index contributed by atoms with van der Waals surface area (Å²) >= 11 is 3.57. The smallest absolute Gasteiger partial charge is 0.411 e. The van der Waals surface area contributed by atoms with E-state index in [2.05, 4.69) is 68.9 Å². The van der Waals surface area contributed by atoms with Gasteiger partial charge in [-0.2, -0.15) is 0 Å². The van der Waals surface area contributed by atoms with Gasteiger partial charge in [-0.1, -0.05) is 46.3 Å². The van der Waals surface area contributed by atoms with Crippen LogP contribution in [0.1, 0.15) is 50.2 Å². The highest BCUT2D eigenvalue weighted by Gasteiger charge is 2.36. The van der Waals surface area contributed by atoms with E-state index in [0.29, 0.717) is 13.0 Å². The number of amides is 1. The lowest BCUT2D eigenvalue weighted by Crippen LogP contribution is -2.36. The Hall–Kier alpha value is -2.86. The number of nitrogens with one attached hydrogen (secondary N) is 1. The van der Waals surface area contributed by atoms with E-state index < -0.39 is 5.60 Å². The van der Waals surface area contributed by atoms with Gasteiger partial charge in [-0.15, -0.1) is 0 Å². The van der Waals surface area contributed by atoms with E-state index >= 15 is 0 Å². The van der Waals surface area contributed by atoms with E-state index in [-0.39, 0.29) is 12.1 Å². The predicted octanol–water partition coefficient (Wildman–Crippen LogP) is 6.65. The second-order valence-corrected chi connectivity index (χ2v) is 10.5. The van der Waals surface area contributed by atoms with Crippen molar-refractivity contribution in [2.24, 2.45) is 0 Å². The summed E-state index contributed by atoms with van der Waals surface area (Å²) in [7, 11) is 0. The number of hydrogen-bond acceptors (Lipinski definition) is 3. The molecule has 0 bridgehead atoms. The first kappa shape index (κ1) is 21.0. The molecule has 1 aromatic heterocycles. The molecule has 1 N–H and O–H groups in total. The number of likely N-dealkylation sites (tertiary alicyclic amines) is 1. The Balaban J connectivity index is 1.41. The molecule has 0 unspecified atom stereocenters. The number of aromatic nitrogens is 2. The van der Waals surface area contributed by atoms with Gasteiger partial charge < -0.3 is 9.72 Å². The summed E-state index contributed by atoms with van der Waals surface area (Å²) < 4.78 is 6.71. The normalized spacial score (nSPS) is 17.4. The molecule has 0 saturated carbocycles. The molecular weight excluding hydrogens is 466 g/mol. The molecule has 2 aromatic carbocycles. The van der Waals surface area contributed by atoms with Crippen molar-refractivity contribution in [3.63, 3.8) is 0 Å². The number of halogens is 1. The van der Waals surface area contributed by atoms with Gasteiger partial charge in [0.05, 0.1) is 17.9 Å². The van der Waals surface area contributed by atoms with Crippen molar-refractivity contribution in [2.45, 2.75) is 45.3 Å². The highest BCUT2D eigenvalue weighted by Crippen LogP contribution is 2.40. The van der Waals surface area contributed by atoms with Gasteiger partial charge in [0.2, 0.25) is 0 Å². The van der Waals surface area contributed by atoms with Crippen molar-refractivity contribution >= 4 is 22.0 Å². The molecule has 5 rings (SSSR count). The molecule has 32 heavy (non-hydrogen) atoms. The van der Waals surface area contributed by atoms with Crippen LogP contribution in [0.3, 0.4) is 0 Å². The van der Waals surface area contributed by atoms with Crippen molar-refractivity contribution < 1.29 is 9.53 Å². The fourth-order valence-electron chi connectivity index (χ4n) is 4.56. The van der Waals surface area contributed by atoms with E-state index in [0.717, 1.165) is 33.5 Å². The largest absolute Gasteiger partial charge is 0.444 e. The number of aromatic amines is 1. The van der Waals surface area contributed by atoms with Crippen molar-refractivity contribution in [2.75, 3.05) is 6.54 Å². The van der Waals surface area contributed by atoms with Gasteiger partial charge in [-0.05, 0) is 79.6 Å². The van der Waals surface area contributed by atoms with Gasteiger partial charge in [0, 0.05) is 11.0 Å². The second-order valence-electron chi connectivity index (χ2n) is 9.61. The number of rotatable bonds is 2. The number of ether oxygens (including phenoxy) is 1. The second kappa shape index (κ2) is 7.62. The summed E-state index contributed by atoms with van der Waals surface area (Å²) in [6.45, 7) is 10.2. The van der Waals surface area contributed by atoms with Gasteiger partial charge in [0.25, 0.3) is 0 Å². The van der Waals surface area contributed by atoms with E-state index in [4.69, 9.17) is 4.74 Å². The minimum Gasteiger partial charge on any atom is -0.444 e. The van der Waals surface area contributed by atoms with Crippen molar-refractivity contribution in [1.82, 2.24) is 14.9 Å². The van der Waals surface area contributed by atoms with Gasteiger partial charge >= 0.3 is 6.09 Å². The van der Waals surface area contributed by atoms with Gasteiger partial charge in [0.15, 0.2) is 0 Å². The lowest BCUT2D eigenvalue weighted by molar-refractivity contribution is 0.0222. The highest BCUT2D eigenvalue weighted by molar-refractivity contribution is 9.10. The van der Waals surface area contributed by atoms with Gasteiger partial charge in [0.1, 0.15) is 11.4 Å². The molecule has 1 aliphatic heterocycles. The molecule has 6 heteroatoms. The maximum atomic E-state index is 12.7. The fraction of sp³-hybridized carbons (Fsp3) is 0.308. The topological polar surface area (TPSA) is 58.2 Å². The summed E-state index contributed by atoms with van der Waals surface area (Å²) in [6.07, 6.45) is 3.12. The first-order valence-corrected chi connectivity index (χ1v) is 11.6. The number of carbonyl (C=O) groups excluding carboxylic acids is 1. The average molecular weight is 492 g/mol. The Kier molecular flexibility index (Phi) is 5.01. The minimum atomic E-state index is -0.544. The quantitative estimate of drug-likeness (QED) is 0.319. The third kappa shape index (κ3) is 3.88. The van der Waals surface area contributed by atoms with Crippen LogP contribution in [0, 0.1) is 0 Å². The van der Waals surface area contributed by atoms with Crippen LogP contribution < -0.4 is 0 Å². The summed E-state index contributed by atoms with van der Waals surface area (Å²) in [4.78, 5) is 22.5. The zero-order valence-electron chi connectivity index (χ0n) is 18.5. The zero-order chi connectivity index (χ0) is 22.6. The van der Waals surface area contributed by atoms with Crippen LogP contribution in [0.5, 0.6) is 0 Å². The molecule has 1 amide bonds. The third-order valence-corrected chi connectivity index (χ3v) is 6.44.